The lowest BCUT2D eigenvalue weighted by molar-refractivity contribution is 1.60. The topological polar surface area (TPSA) is 78.1 Å². The summed E-state index contributed by atoms with van der Waals surface area (Å²) in [4.78, 5) is 0. The molecule has 0 atom stereocenters. The normalized spacial score (nSPS) is 8.94. The highest BCUT2D eigenvalue weighted by Crippen LogP contribution is 2.28. The van der Waals surface area contributed by atoms with E-state index in [4.69, 9.17) is 17.2 Å². The summed E-state index contributed by atoms with van der Waals surface area (Å²) < 4.78 is 0. The molecule has 0 aliphatic heterocycles. The van der Waals surface area contributed by atoms with Crippen LogP contribution in [0.15, 0.2) is 42.5 Å². The fourth-order valence-electron chi connectivity index (χ4n) is 1.49. The molecule has 0 heterocycles. The molecule has 0 aliphatic rings. The van der Waals surface area contributed by atoms with Gasteiger partial charge in [-0.1, -0.05) is 12.1 Å². The minimum Gasteiger partial charge on any atom is -0.399 e. The van der Waals surface area contributed by atoms with Crippen molar-refractivity contribution in [3.05, 3.63) is 42.5 Å². The number of benzene rings is 2. The lowest BCUT2D eigenvalue weighted by Gasteiger charge is -2.07. The number of halogens is 2. The molecule has 2 aromatic rings. The van der Waals surface area contributed by atoms with E-state index in [1.54, 1.807) is 12.1 Å². The van der Waals surface area contributed by atoms with Gasteiger partial charge in [0.25, 0.3) is 0 Å². The molecule has 0 saturated carbocycles. The van der Waals surface area contributed by atoms with Gasteiger partial charge in [-0.2, -0.15) is 0 Å². The summed E-state index contributed by atoms with van der Waals surface area (Å²) in [6, 6.07) is 13.0. The number of anilines is 3. The highest BCUT2D eigenvalue weighted by Gasteiger charge is 2.02. The molecule has 5 heteroatoms. The Bertz CT molecular complexity index is 484. The minimum atomic E-state index is 0. The van der Waals surface area contributed by atoms with Crippen molar-refractivity contribution in [1.82, 2.24) is 0 Å². The molecule has 0 radical (unpaired) electrons. The van der Waals surface area contributed by atoms with E-state index in [9.17, 15) is 0 Å². The molecule has 0 unspecified atom stereocenters. The average Bonchev–Trinajstić information content (AvgIpc) is 2.23. The molecule has 0 spiro atoms. The Balaban J connectivity index is 0.00000128. The lowest BCUT2D eigenvalue weighted by Crippen LogP contribution is -1.93. The smallest absolute Gasteiger partial charge is 0.0395 e. The van der Waals surface area contributed by atoms with Gasteiger partial charge in [0.15, 0.2) is 0 Å². The zero-order valence-corrected chi connectivity index (χ0v) is 10.7. The highest BCUT2D eigenvalue weighted by molar-refractivity contribution is 5.85. The molecular weight excluding hydrogens is 257 g/mol. The Hall–Kier alpha value is -1.58. The summed E-state index contributed by atoms with van der Waals surface area (Å²) in [5.41, 5.74) is 21.3. The molecule has 0 fully saturated rings. The van der Waals surface area contributed by atoms with Crippen LogP contribution in [0.3, 0.4) is 0 Å². The summed E-state index contributed by atoms with van der Waals surface area (Å²) in [5.74, 6) is 0. The second kappa shape index (κ2) is 6.23. The Labute approximate surface area is 113 Å². The molecule has 0 bridgehead atoms. The van der Waals surface area contributed by atoms with Crippen LogP contribution < -0.4 is 17.2 Å². The van der Waals surface area contributed by atoms with Crippen molar-refractivity contribution in [2.24, 2.45) is 0 Å². The SMILES string of the molecule is Cl.Cl.Nc1ccc(-c2cc(N)ccc2N)cc1. The summed E-state index contributed by atoms with van der Waals surface area (Å²) >= 11 is 0. The maximum Gasteiger partial charge on any atom is 0.0395 e. The first-order chi connectivity index (χ1) is 7.16. The average molecular weight is 272 g/mol. The number of hydrogen-bond acceptors (Lipinski definition) is 3. The van der Waals surface area contributed by atoms with E-state index in [0.717, 1.165) is 16.8 Å². The molecule has 2 rings (SSSR count). The zero-order valence-electron chi connectivity index (χ0n) is 9.09. The molecule has 0 amide bonds. The molecule has 17 heavy (non-hydrogen) atoms. The van der Waals surface area contributed by atoms with Crippen molar-refractivity contribution < 1.29 is 0 Å². The Kier molecular flexibility index (Phi) is 5.65. The number of hydrogen-bond donors (Lipinski definition) is 3. The van der Waals surface area contributed by atoms with E-state index >= 15 is 0 Å². The van der Waals surface area contributed by atoms with Gasteiger partial charge in [0, 0.05) is 22.6 Å². The van der Waals surface area contributed by atoms with Crippen molar-refractivity contribution in [2.75, 3.05) is 17.2 Å². The Morgan fingerprint density at radius 2 is 1.18 bits per heavy atom. The van der Waals surface area contributed by atoms with Crippen LogP contribution in [0.5, 0.6) is 0 Å². The van der Waals surface area contributed by atoms with Crippen molar-refractivity contribution in [1.29, 1.82) is 0 Å². The van der Waals surface area contributed by atoms with Crippen LogP contribution in [-0.4, -0.2) is 0 Å². The van der Waals surface area contributed by atoms with E-state index < -0.39 is 0 Å². The van der Waals surface area contributed by atoms with Gasteiger partial charge in [-0.25, -0.2) is 0 Å². The van der Waals surface area contributed by atoms with Crippen LogP contribution >= 0.6 is 24.8 Å². The number of nitrogen functional groups attached to an aromatic ring is 3. The van der Waals surface area contributed by atoms with E-state index in [1.165, 1.54) is 0 Å². The third-order valence-electron chi connectivity index (χ3n) is 2.30. The summed E-state index contributed by atoms with van der Waals surface area (Å²) in [6.07, 6.45) is 0. The largest absolute Gasteiger partial charge is 0.399 e. The molecule has 6 N–H and O–H groups in total. The summed E-state index contributed by atoms with van der Waals surface area (Å²) in [5, 5.41) is 0. The van der Waals surface area contributed by atoms with Gasteiger partial charge < -0.3 is 17.2 Å². The third kappa shape index (κ3) is 3.44. The first-order valence-electron chi connectivity index (χ1n) is 4.68. The van der Waals surface area contributed by atoms with E-state index in [1.807, 2.05) is 30.3 Å². The van der Waals surface area contributed by atoms with Crippen molar-refractivity contribution in [3.63, 3.8) is 0 Å². The molecule has 2 aromatic carbocycles. The highest BCUT2D eigenvalue weighted by atomic mass is 35.5. The van der Waals surface area contributed by atoms with Crippen LogP contribution in [-0.2, 0) is 0 Å². The molecule has 0 aliphatic carbocycles. The third-order valence-corrected chi connectivity index (χ3v) is 2.30. The van der Waals surface area contributed by atoms with Crippen LogP contribution in [0.1, 0.15) is 0 Å². The monoisotopic (exact) mass is 271 g/mol. The molecule has 0 aromatic heterocycles. The maximum absolute atomic E-state index is 5.87. The van der Waals surface area contributed by atoms with Gasteiger partial charge in [-0.15, -0.1) is 24.8 Å². The van der Waals surface area contributed by atoms with Gasteiger partial charge in [0.1, 0.15) is 0 Å². The standard InChI is InChI=1S/C12H13N3.2ClH/c13-9-3-1-8(2-4-9)11-7-10(14)5-6-12(11)15;;/h1-7H,13-15H2;2*1H. The quantitative estimate of drug-likeness (QED) is 0.698. The molecule has 3 nitrogen and oxygen atoms in total. The van der Waals surface area contributed by atoms with E-state index in [2.05, 4.69) is 0 Å². The Morgan fingerprint density at radius 1 is 0.647 bits per heavy atom. The van der Waals surface area contributed by atoms with Gasteiger partial charge in [-0.05, 0) is 35.9 Å². The first-order valence-corrected chi connectivity index (χ1v) is 4.68. The number of nitrogens with two attached hydrogens (primary N) is 3. The maximum atomic E-state index is 5.87. The van der Waals surface area contributed by atoms with Crippen LogP contribution in [0.4, 0.5) is 17.1 Å². The fraction of sp³-hybridized carbons (Fsp3) is 0. The summed E-state index contributed by atoms with van der Waals surface area (Å²) in [7, 11) is 0. The van der Waals surface area contributed by atoms with Gasteiger partial charge in [0.05, 0.1) is 0 Å². The van der Waals surface area contributed by atoms with Crippen molar-refractivity contribution in [3.8, 4) is 11.1 Å². The van der Waals surface area contributed by atoms with Crippen LogP contribution in [0.2, 0.25) is 0 Å². The second-order valence-electron chi connectivity index (χ2n) is 3.47. The van der Waals surface area contributed by atoms with E-state index in [-0.39, 0.29) is 24.8 Å². The van der Waals surface area contributed by atoms with Crippen molar-refractivity contribution >= 4 is 41.9 Å². The van der Waals surface area contributed by atoms with Gasteiger partial charge in [0.2, 0.25) is 0 Å². The van der Waals surface area contributed by atoms with Crippen LogP contribution in [0.25, 0.3) is 11.1 Å². The molecule has 92 valence electrons. The fourth-order valence-corrected chi connectivity index (χ4v) is 1.49. The van der Waals surface area contributed by atoms with E-state index in [0.29, 0.717) is 11.4 Å². The first kappa shape index (κ1) is 15.4. The second-order valence-corrected chi connectivity index (χ2v) is 3.47. The van der Waals surface area contributed by atoms with Crippen LogP contribution in [0, 0.1) is 0 Å². The predicted molar refractivity (Wildman–Crippen MR) is 79.6 cm³/mol. The predicted octanol–water partition coefficient (Wildman–Crippen LogP) is 2.94. The van der Waals surface area contributed by atoms with Gasteiger partial charge >= 0.3 is 0 Å². The van der Waals surface area contributed by atoms with Crippen molar-refractivity contribution in [2.45, 2.75) is 0 Å². The Morgan fingerprint density at radius 3 is 1.76 bits per heavy atom. The lowest BCUT2D eigenvalue weighted by atomic mass is 10.0. The number of rotatable bonds is 1. The summed E-state index contributed by atoms with van der Waals surface area (Å²) in [6.45, 7) is 0. The van der Waals surface area contributed by atoms with Gasteiger partial charge in [-0.3, -0.25) is 0 Å². The zero-order chi connectivity index (χ0) is 10.8. The molecule has 0 saturated heterocycles. The molecular formula is C12H15Cl2N3. The minimum absolute atomic E-state index is 0.